The number of benzene rings is 1. The fraction of sp³-hybridized carbons (Fsp3) is 0.0769. The molecule has 2 rings (SSSR count). The molecule has 0 radical (unpaired) electrons. The summed E-state index contributed by atoms with van der Waals surface area (Å²) < 4.78 is 0.836. The number of halogens is 1. The lowest BCUT2D eigenvalue weighted by Crippen LogP contribution is -2.29. The van der Waals surface area contributed by atoms with Crippen molar-refractivity contribution in [2.24, 2.45) is 0 Å². The Hall–Kier alpha value is -2.08. The van der Waals surface area contributed by atoms with Gasteiger partial charge in [0.25, 0.3) is 5.91 Å². The van der Waals surface area contributed by atoms with E-state index in [-0.39, 0.29) is 17.2 Å². The second kappa shape index (κ2) is 5.27. The molecule has 1 heterocycles. The molecule has 1 aromatic carbocycles. The summed E-state index contributed by atoms with van der Waals surface area (Å²) in [5.74, 6) is -0.327. The first-order valence-electron chi connectivity index (χ1n) is 5.51. The number of nitrogens with one attached hydrogen (secondary N) is 1. The van der Waals surface area contributed by atoms with E-state index in [4.69, 9.17) is 5.73 Å². The molecule has 1 amide bonds. The van der Waals surface area contributed by atoms with E-state index in [1.807, 2.05) is 0 Å². The third kappa shape index (κ3) is 2.85. The average molecular weight is 322 g/mol. The van der Waals surface area contributed by atoms with Crippen LogP contribution in [0.25, 0.3) is 0 Å². The fourth-order valence-corrected chi connectivity index (χ4v) is 2.07. The summed E-state index contributed by atoms with van der Waals surface area (Å²) >= 11 is 3.31. The van der Waals surface area contributed by atoms with Gasteiger partial charge in [0.05, 0.1) is 11.4 Å². The number of pyridine rings is 1. The molecule has 98 valence electrons. The number of rotatable bonds is 2. The van der Waals surface area contributed by atoms with E-state index in [1.165, 1.54) is 17.0 Å². The van der Waals surface area contributed by atoms with Crippen molar-refractivity contribution < 1.29 is 4.79 Å². The SMILES string of the molecule is CN(C(=O)c1cccc(=O)[nH]1)c1ccc(Br)cc1N. The van der Waals surface area contributed by atoms with Crippen LogP contribution in [-0.2, 0) is 0 Å². The maximum atomic E-state index is 12.2. The van der Waals surface area contributed by atoms with E-state index in [2.05, 4.69) is 20.9 Å². The highest BCUT2D eigenvalue weighted by Gasteiger charge is 2.16. The summed E-state index contributed by atoms with van der Waals surface area (Å²) in [5.41, 5.74) is 6.83. The maximum absolute atomic E-state index is 12.2. The number of nitrogens with two attached hydrogens (primary N) is 1. The lowest BCUT2D eigenvalue weighted by molar-refractivity contribution is 0.0988. The van der Waals surface area contributed by atoms with Crippen LogP contribution < -0.4 is 16.2 Å². The number of hydrogen-bond acceptors (Lipinski definition) is 3. The summed E-state index contributed by atoms with van der Waals surface area (Å²) in [4.78, 5) is 27.3. The normalized spacial score (nSPS) is 10.2. The van der Waals surface area contributed by atoms with Gasteiger partial charge in [0.2, 0.25) is 5.56 Å². The summed E-state index contributed by atoms with van der Waals surface area (Å²) in [5, 5.41) is 0. The second-order valence-electron chi connectivity index (χ2n) is 4.00. The molecule has 5 nitrogen and oxygen atoms in total. The Morgan fingerprint density at radius 3 is 2.68 bits per heavy atom. The van der Waals surface area contributed by atoms with Gasteiger partial charge in [-0.15, -0.1) is 0 Å². The third-order valence-corrected chi connectivity index (χ3v) is 3.15. The van der Waals surface area contributed by atoms with Gasteiger partial charge < -0.3 is 15.6 Å². The Bertz CT molecular complexity index is 682. The molecular formula is C13H12BrN3O2. The first kappa shape index (κ1) is 13.4. The van der Waals surface area contributed by atoms with E-state index in [0.29, 0.717) is 11.4 Å². The van der Waals surface area contributed by atoms with Gasteiger partial charge in [0, 0.05) is 17.6 Å². The number of hydrogen-bond donors (Lipinski definition) is 2. The molecule has 3 N–H and O–H groups in total. The van der Waals surface area contributed by atoms with Crippen LogP contribution in [0.5, 0.6) is 0 Å². The highest BCUT2D eigenvalue weighted by molar-refractivity contribution is 9.10. The number of nitrogen functional groups attached to an aromatic ring is 1. The molecule has 0 aliphatic rings. The van der Waals surface area contributed by atoms with Crippen LogP contribution in [0.3, 0.4) is 0 Å². The van der Waals surface area contributed by atoms with E-state index in [1.54, 1.807) is 31.3 Å². The minimum atomic E-state index is -0.327. The van der Waals surface area contributed by atoms with Crippen molar-refractivity contribution in [3.05, 3.63) is 56.9 Å². The van der Waals surface area contributed by atoms with E-state index in [0.717, 1.165) is 4.47 Å². The predicted octanol–water partition coefficient (Wildman–Crippen LogP) is 2.00. The van der Waals surface area contributed by atoms with Gasteiger partial charge in [-0.05, 0) is 24.3 Å². The van der Waals surface area contributed by atoms with Crippen molar-refractivity contribution in [2.75, 3.05) is 17.7 Å². The zero-order valence-electron chi connectivity index (χ0n) is 10.2. The van der Waals surface area contributed by atoms with Crippen molar-refractivity contribution in [1.82, 2.24) is 4.98 Å². The summed E-state index contributed by atoms with van der Waals surface area (Å²) in [6.07, 6.45) is 0. The molecule has 0 aliphatic carbocycles. The monoisotopic (exact) mass is 321 g/mol. The Morgan fingerprint density at radius 1 is 1.32 bits per heavy atom. The molecule has 0 fully saturated rings. The number of nitrogens with zero attached hydrogens (tertiary/aromatic N) is 1. The number of carbonyl (C=O) groups excluding carboxylic acids is 1. The van der Waals surface area contributed by atoms with Gasteiger partial charge >= 0.3 is 0 Å². The molecule has 2 aromatic rings. The Labute approximate surface area is 118 Å². The zero-order chi connectivity index (χ0) is 14.0. The van der Waals surface area contributed by atoms with Crippen molar-refractivity contribution in [3.63, 3.8) is 0 Å². The zero-order valence-corrected chi connectivity index (χ0v) is 11.8. The van der Waals surface area contributed by atoms with Gasteiger partial charge in [-0.25, -0.2) is 0 Å². The first-order valence-corrected chi connectivity index (χ1v) is 6.31. The van der Waals surface area contributed by atoms with Crippen molar-refractivity contribution in [1.29, 1.82) is 0 Å². The standard InChI is InChI=1S/C13H12BrN3O2/c1-17(11-6-5-8(14)7-9(11)15)13(19)10-3-2-4-12(18)16-10/h2-7H,15H2,1H3,(H,16,18). The molecule has 19 heavy (non-hydrogen) atoms. The molecule has 0 saturated heterocycles. The lowest BCUT2D eigenvalue weighted by atomic mass is 10.2. The van der Waals surface area contributed by atoms with Gasteiger partial charge in [-0.1, -0.05) is 22.0 Å². The second-order valence-corrected chi connectivity index (χ2v) is 4.91. The van der Waals surface area contributed by atoms with Crippen LogP contribution in [0.2, 0.25) is 0 Å². The van der Waals surface area contributed by atoms with Crippen molar-refractivity contribution in [2.45, 2.75) is 0 Å². The summed E-state index contributed by atoms with van der Waals surface area (Å²) in [6.45, 7) is 0. The lowest BCUT2D eigenvalue weighted by Gasteiger charge is -2.19. The van der Waals surface area contributed by atoms with Crippen LogP contribution in [-0.4, -0.2) is 17.9 Å². The number of carbonyl (C=O) groups is 1. The van der Waals surface area contributed by atoms with E-state index >= 15 is 0 Å². The maximum Gasteiger partial charge on any atom is 0.274 e. The molecule has 0 saturated carbocycles. The van der Waals surface area contributed by atoms with Gasteiger partial charge in [-0.3, -0.25) is 9.59 Å². The predicted molar refractivity (Wildman–Crippen MR) is 78.4 cm³/mol. The van der Waals surface area contributed by atoms with Crippen LogP contribution in [0, 0.1) is 0 Å². The third-order valence-electron chi connectivity index (χ3n) is 2.65. The van der Waals surface area contributed by atoms with Crippen LogP contribution in [0.1, 0.15) is 10.5 Å². The number of amides is 1. The highest BCUT2D eigenvalue weighted by Crippen LogP contribution is 2.26. The topological polar surface area (TPSA) is 79.2 Å². The van der Waals surface area contributed by atoms with Crippen molar-refractivity contribution >= 4 is 33.2 Å². The van der Waals surface area contributed by atoms with Crippen LogP contribution >= 0.6 is 15.9 Å². The number of aromatic amines is 1. The first-order chi connectivity index (χ1) is 8.99. The van der Waals surface area contributed by atoms with Gasteiger partial charge in [0.15, 0.2) is 0 Å². The van der Waals surface area contributed by atoms with Crippen molar-refractivity contribution in [3.8, 4) is 0 Å². The minimum absolute atomic E-state index is 0.220. The Morgan fingerprint density at radius 2 is 2.05 bits per heavy atom. The molecule has 0 unspecified atom stereocenters. The molecule has 0 spiro atoms. The smallest absolute Gasteiger partial charge is 0.274 e. The Balaban J connectivity index is 2.36. The minimum Gasteiger partial charge on any atom is -0.397 e. The number of aromatic nitrogens is 1. The molecule has 1 aromatic heterocycles. The summed E-state index contributed by atoms with van der Waals surface area (Å²) in [7, 11) is 1.60. The molecule has 0 atom stereocenters. The largest absolute Gasteiger partial charge is 0.397 e. The molecule has 0 aliphatic heterocycles. The van der Waals surface area contributed by atoms with Gasteiger partial charge in [0.1, 0.15) is 5.69 Å². The molecule has 6 heteroatoms. The highest BCUT2D eigenvalue weighted by atomic mass is 79.9. The average Bonchev–Trinajstić information content (AvgIpc) is 2.37. The molecule has 0 bridgehead atoms. The van der Waals surface area contributed by atoms with Crippen LogP contribution in [0.4, 0.5) is 11.4 Å². The van der Waals surface area contributed by atoms with Crippen LogP contribution in [0.15, 0.2) is 45.7 Å². The quantitative estimate of drug-likeness (QED) is 0.830. The van der Waals surface area contributed by atoms with E-state index < -0.39 is 0 Å². The number of H-pyrrole nitrogens is 1. The Kier molecular flexibility index (Phi) is 3.71. The fourth-order valence-electron chi connectivity index (χ4n) is 1.69. The van der Waals surface area contributed by atoms with E-state index in [9.17, 15) is 9.59 Å². The number of anilines is 2. The van der Waals surface area contributed by atoms with Gasteiger partial charge in [-0.2, -0.15) is 0 Å². The molecular weight excluding hydrogens is 310 g/mol. The summed E-state index contributed by atoms with van der Waals surface area (Å²) in [6, 6.07) is 9.68.